The zero-order valence-electron chi connectivity index (χ0n) is 12.8. The lowest BCUT2D eigenvalue weighted by Crippen LogP contribution is -2.55. The third-order valence-electron chi connectivity index (χ3n) is 5.79. The minimum atomic E-state index is -4.08. The average molecular weight is 319 g/mol. The minimum absolute atomic E-state index is 0.0152. The van der Waals surface area contributed by atoms with Gasteiger partial charge in [-0.3, -0.25) is 9.35 Å². The first-order valence-corrected chi connectivity index (χ1v) is 9.00. The Morgan fingerprint density at radius 2 is 1.95 bits per heavy atom. The van der Waals surface area contributed by atoms with E-state index in [0.29, 0.717) is 18.9 Å². The number of hydrogen-bond donors (Lipinski definition) is 3. The fraction of sp³-hybridized carbons (Fsp3) is 0.929. The lowest BCUT2D eigenvalue weighted by molar-refractivity contribution is -0.128. The number of aliphatic hydroxyl groups is 1. The van der Waals surface area contributed by atoms with Gasteiger partial charge in [-0.15, -0.1) is 0 Å². The molecule has 4 atom stereocenters. The first-order valence-electron chi connectivity index (χ1n) is 7.39. The van der Waals surface area contributed by atoms with Crippen LogP contribution in [0, 0.1) is 16.7 Å². The third kappa shape index (κ3) is 2.88. The van der Waals surface area contributed by atoms with E-state index in [-0.39, 0.29) is 23.2 Å². The predicted molar refractivity (Wildman–Crippen MR) is 78.4 cm³/mol. The van der Waals surface area contributed by atoms with Crippen molar-refractivity contribution in [1.82, 2.24) is 5.32 Å². The lowest BCUT2D eigenvalue weighted by atomic mass is 9.70. The van der Waals surface area contributed by atoms with Crippen LogP contribution in [0.3, 0.4) is 0 Å². The number of β-amino-alcohol motifs (C(OH)–C–C–N with tert-alkyl or cyclic N) is 1. The molecule has 2 aliphatic carbocycles. The molecule has 0 unspecified atom stereocenters. The van der Waals surface area contributed by atoms with Crippen molar-refractivity contribution < 1.29 is 22.9 Å². The Hall–Kier alpha value is -0.500. The average Bonchev–Trinajstić information content (AvgIpc) is 2.69. The summed E-state index contributed by atoms with van der Waals surface area (Å²) in [7, 11) is -4.08. The maximum atomic E-state index is 11.9. The molecule has 7 heteroatoms. The molecule has 2 bridgehead atoms. The molecule has 0 spiro atoms. The van der Waals surface area contributed by atoms with E-state index in [1.165, 1.54) is 0 Å². The summed E-state index contributed by atoms with van der Waals surface area (Å²) >= 11 is 0. The van der Waals surface area contributed by atoms with Crippen molar-refractivity contribution in [3.63, 3.8) is 0 Å². The molecule has 122 valence electrons. The zero-order chi connectivity index (χ0) is 16.1. The Kier molecular flexibility index (Phi) is 4.25. The zero-order valence-corrected chi connectivity index (χ0v) is 13.6. The van der Waals surface area contributed by atoms with Crippen LogP contribution in [0.4, 0.5) is 0 Å². The topological polar surface area (TPSA) is 104 Å². The van der Waals surface area contributed by atoms with E-state index in [9.17, 15) is 13.2 Å². The Morgan fingerprint density at radius 1 is 1.38 bits per heavy atom. The first-order chi connectivity index (χ1) is 9.49. The van der Waals surface area contributed by atoms with E-state index >= 15 is 0 Å². The molecule has 3 aliphatic rings. The summed E-state index contributed by atoms with van der Waals surface area (Å²) in [6.07, 6.45) is 1.89. The Bertz CT molecular complexity index is 521. The summed E-state index contributed by atoms with van der Waals surface area (Å²) in [5.41, 5.74) is -1.12. The van der Waals surface area contributed by atoms with E-state index in [1.807, 2.05) is 20.8 Å². The predicted octanol–water partition coefficient (Wildman–Crippen LogP) is 0.609. The second-order valence-corrected chi connectivity index (χ2v) is 8.61. The van der Waals surface area contributed by atoms with Gasteiger partial charge in [0.2, 0.25) is 0 Å². The molecule has 2 saturated carbocycles. The van der Waals surface area contributed by atoms with Gasteiger partial charge in [0, 0.05) is 19.0 Å². The number of rotatable bonds is 2. The Labute approximate surface area is 126 Å². The van der Waals surface area contributed by atoms with Crippen molar-refractivity contribution in [2.45, 2.75) is 52.2 Å². The van der Waals surface area contributed by atoms with Gasteiger partial charge in [0.15, 0.2) is 0 Å². The van der Waals surface area contributed by atoms with Gasteiger partial charge in [0.25, 0.3) is 10.1 Å². The summed E-state index contributed by atoms with van der Waals surface area (Å²) in [5.74, 6) is -0.101. The van der Waals surface area contributed by atoms with E-state index in [0.717, 1.165) is 13.0 Å². The second kappa shape index (κ2) is 5.30. The molecule has 1 saturated heterocycles. The number of aliphatic hydroxyl groups excluding tert-OH is 1. The number of ketones is 1. The monoisotopic (exact) mass is 319 g/mol. The van der Waals surface area contributed by atoms with Crippen LogP contribution in [0.15, 0.2) is 0 Å². The lowest BCUT2D eigenvalue weighted by Gasteiger charge is -2.35. The highest BCUT2D eigenvalue weighted by atomic mass is 32.2. The number of carbonyl (C=O) groups is 1. The van der Waals surface area contributed by atoms with E-state index in [1.54, 1.807) is 0 Å². The number of fused-ring (bicyclic) bond motifs is 2. The van der Waals surface area contributed by atoms with Gasteiger partial charge in [-0.2, -0.15) is 8.42 Å². The van der Waals surface area contributed by atoms with Crippen molar-refractivity contribution in [3.8, 4) is 0 Å². The van der Waals surface area contributed by atoms with Crippen LogP contribution in [-0.4, -0.2) is 48.3 Å². The van der Waals surface area contributed by atoms with Crippen molar-refractivity contribution in [3.05, 3.63) is 0 Å². The second-order valence-electron chi connectivity index (χ2n) is 7.16. The number of nitrogens with one attached hydrogen (secondary N) is 1. The van der Waals surface area contributed by atoms with Gasteiger partial charge in [-0.25, -0.2) is 0 Å². The normalized spacial score (nSPS) is 40.4. The van der Waals surface area contributed by atoms with Crippen molar-refractivity contribution in [2.24, 2.45) is 16.7 Å². The standard InChI is InChI=1S/C10H16O4S.C4H9NO/c1-9(2)7-3-4-10(9,8(11)5-7)6-15(12,13)14;1-3-4(6)2-5-3/h7H,3-6H2,1-2H3,(H,12,13,14);3-6H,2H2,1H3/t7-,10-;3-,4+/m00/s1. The molecule has 1 aliphatic heterocycles. The molecule has 3 rings (SSSR count). The van der Waals surface area contributed by atoms with Gasteiger partial charge in [-0.05, 0) is 31.1 Å². The van der Waals surface area contributed by atoms with Gasteiger partial charge >= 0.3 is 0 Å². The molecule has 0 aromatic heterocycles. The summed E-state index contributed by atoms with van der Waals surface area (Å²) in [5, 5.41) is 11.7. The van der Waals surface area contributed by atoms with Crippen LogP contribution < -0.4 is 5.32 Å². The molecule has 21 heavy (non-hydrogen) atoms. The van der Waals surface area contributed by atoms with Crippen molar-refractivity contribution in [1.29, 1.82) is 0 Å². The molecular formula is C14H25NO5S. The van der Waals surface area contributed by atoms with E-state index in [2.05, 4.69) is 5.32 Å². The fourth-order valence-electron chi connectivity index (χ4n) is 3.88. The SMILES string of the molecule is CC1(C)[C@H]2CC[C@]1(CS(=O)(=O)O)C(=O)C2.C[C@@H]1NC[C@H]1O. The third-order valence-corrected chi connectivity index (χ3v) is 6.65. The van der Waals surface area contributed by atoms with Gasteiger partial charge in [0.05, 0.1) is 17.3 Å². The summed E-state index contributed by atoms with van der Waals surface area (Å²) < 4.78 is 31.0. The maximum absolute atomic E-state index is 11.9. The van der Waals surface area contributed by atoms with Gasteiger partial charge < -0.3 is 10.4 Å². The maximum Gasteiger partial charge on any atom is 0.265 e. The van der Waals surface area contributed by atoms with E-state index < -0.39 is 21.3 Å². The molecule has 3 N–H and O–H groups in total. The Balaban J connectivity index is 0.000000225. The highest BCUT2D eigenvalue weighted by Gasteiger charge is 2.65. The van der Waals surface area contributed by atoms with Crippen LogP contribution >= 0.6 is 0 Å². The molecule has 6 nitrogen and oxygen atoms in total. The van der Waals surface area contributed by atoms with Crippen LogP contribution in [0.5, 0.6) is 0 Å². The van der Waals surface area contributed by atoms with Crippen molar-refractivity contribution >= 4 is 15.9 Å². The van der Waals surface area contributed by atoms with Crippen molar-refractivity contribution in [2.75, 3.05) is 12.3 Å². The minimum Gasteiger partial charge on any atom is -0.390 e. The smallest absolute Gasteiger partial charge is 0.265 e. The van der Waals surface area contributed by atoms with Crippen LogP contribution in [0.25, 0.3) is 0 Å². The molecule has 0 amide bonds. The number of carbonyl (C=O) groups excluding carboxylic acids is 1. The molecule has 3 fully saturated rings. The van der Waals surface area contributed by atoms with Gasteiger partial charge in [0.1, 0.15) is 5.78 Å². The molecule has 0 aromatic rings. The molecule has 0 radical (unpaired) electrons. The van der Waals surface area contributed by atoms with E-state index in [4.69, 9.17) is 9.66 Å². The quantitative estimate of drug-likeness (QED) is 0.644. The van der Waals surface area contributed by atoms with Gasteiger partial charge in [-0.1, -0.05) is 13.8 Å². The molecular weight excluding hydrogens is 294 g/mol. The van der Waals surface area contributed by atoms with Crippen LogP contribution in [0.2, 0.25) is 0 Å². The highest BCUT2D eigenvalue weighted by molar-refractivity contribution is 7.85. The van der Waals surface area contributed by atoms with Crippen LogP contribution in [0.1, 0.15) is 40.0 Å². The summed E-state index contributed by atoms with van der Waals surface area (Å²) in [6.45, 7) is 6.64. The fourth-order valence-corrected chi connectivity index (χ4v) is 5.18. The van der Waals surface area contributed by atoms with Crippen LogP contribution in [-0.2, 0) is 14.9 Å². The Morgan fingerprint density at radius 3 is 2.19 bits per heavy atom. The summed E-state index contributed by atoms with van der Waals surface area (Å²) in [6, 6.07) is 0.338. The number of Topliss-reactive ketones (excluding diaryl/α,β-unsaturated/α-hetero) is 1. The molecule has 1 heterocycles. The largest absolute Gasteiger partial charge is 0.390 e. The first kappa shape index (κ1) is 16.9. The summed E-state index contributed by atoms with van der Waals surface area (Å²) in [4.78, 5) is 11.9. The molecule has 0 aromatic carbocycles. The highest BCUT2D eigenvalue weighted by Crippen LogP contribution is 2.64. The number of hydrogen-bond acceptors (Lipinski definition) is 5.